The van der Waals surface area contributed by atoms with Gasteiger partial charge in [-0.25, -0.2) is 0 Å². The molecule has 0 fully saturated rings. The summed E-state index contributed by atoms with van der Waals surface area (Å²) in [4.78, 5) is 10.0. The highest BCUT2D eigenvalue weighted by Crippen LogP contribution is 2.03. The largest absolute Gasteiger partial charge is 0.299 e. The molecule has 0 aliphatic rings. The Morgan fingerprint density at radius 2 is 2.38 bits per heavy atom. The molecule has 1 heterocycles. The van der Waals surface area contributed by atoms with E-state index >= 15 is 0 Å². The zero-order valence-corrected chi connectivity index (χ0v) is 7.97. The standard InChI is InChI=1S/C10H14N2O/c1-9(2)7-12-8-10(6-11-12)4-3-5-13/h3-6,8-9H,7H2,1-2H3/b4-3+. The van der Waals surface area contributed by atoms with Crippen LogP contribution < -0.4 is 0 Å². The van der Waals surface area contributed by atoms with E-state index in [9.17, 15) is 4.79 Å². The fraction of sp³-hybridized carbons (Fsp3) is 0.400. The number of aldehydes is 1. The number of hydrogen-bond donors (Lipinski definition) is 0. The van der Waals surface area contributed by atoms with Gasteiger partial charge in [0.25, 0.3) is 0 Å². The minimum Gasteiger partial charge on any atom is -0.299 e. The van der Waals surface area contributed by atoms with Gasteiger partial charge in [-0.1, -0.05) is 13.8 Å². The van der Waals surface area contributed by atoms with Crippen molar-refractivity contribution in [2.45, 2.75) is 20.4 Å². The molecule has 0 saturated heterocycles. The monoisotopic (exact) mass is 178 g/mol. The van der Waals surface area contributed by atoms with E-state index in [4.69, 9.17) is 0 Å². The van der Waals surface area contributed by atoms with Crippen LogP contribution in [-0.4, -0.2) is 16.1 Å². The molecule has 0 aliphatic heterocycles. The smallest absolute Gasteiger partial charge is 0.142 e. The van der Waals surface area contributed by atoms with E-state index in [2.05, 4.69) is 18.9 Å². The highest BCUT2D eigenvalue weighted by molar-refractivity contribution is 5.73. The van der Waals surface area contributed by atoms with E-state index in [1.165, 1.54) is 6.08 Å². The summed E-state index contributed by atoms with van der Waals surface area (Å²) in [5.74, 6) is 0.586. The number of allylic oxidation sites excluding steroid dienone is 1. The summed E-state index contributed by atoms with van der Waals surface area (Å²) in [6.07, 6.45) is 7.66. The summed E-state index contributed by atoms with van der Waals surface area (Å²) in [6, 6.07) is 0. The Bertz CT molecular complexity index is 300. The molecule has 13 heavy (non-hydrogen) atoms. The third-order valence-corrected chi connectivity index (χ3v) is 1.57. The number of carbonyl (C=O) groups is 1. The lowest BCUT2D eigenvalue weighted by atomic mass is 10.2. The number of nitrogens with zero attached hydrogens (tertiary/aromatic N) is 2. The molecule has 0 saturated carbocycles. The van der Waals surface area contributed by atoms with E-state index in [0.29, 0.717) is 5.92 Å². The van der Waals surface area contributed by atoms with Gasteiger partial charge in [0.2, 0.25) is 0 Å². The van der Waals surface area contributed by atoms with Gasteiger partial charge in [-0.05, 0) is 18.1 Å². The van der Waals surface area contributed by atoms with Gasteiger partial charge >= 0.3 is 0 Å². The maximum atomic E-state index is 10.0. The molecular formula is C10H14N2O. The topological polar surface area (TPSA) is 34.9 Å². The normalized spacial score (nSPS) is 11.3. The van der Waals surface area contributed by atoms with Crippen LogP contribution in [-0.2, 0) is 11.3 Å². The van der Waals surface area contributed by atoms with Crippen LogP contribution in [0.5, 0.6) is 0 Å². The van der Waals surface area contributed by atoms with Gasteiger partial charge in [0.15, 0.2) is 0 Å². The molecule has 0 unspecified atom stereocenters. The van der Waals surface area contributed by atoms with Gasteiger partial charge in [-0.3, -0.25) is 9.48 Å². The van der Waals surface area contributed by atoms with Crippen molar-refractivity contribution >= 4 is 12.4 Å². The molecule has 0 aromatic carbocycles. The third kappa shape index (κ3) is 3.23. The molecule has 0 aliphatic carbocycles. The molecule has 0 spiro atoms. The first-order valence-electron chi connectivity index (χ1n) is 4.36. The molecule has 0 N–H and O–H groups in total. The molecule has 70 valence electrons. The Balaban J connectivity index is 2.63. The summed E-state index contributed by atoms with van der Waals surface area (Å²) < 4.78 is 1.88. The number of hydrogen-bond acceptors (Lipinski definition) is 2. The first kappa shape index (κ1) is 9.71. The molecule has 0 atom stereocenters. The molecule has 1 aromatic heterocycles. The van der Waals surface area contributed by atoms with Gasteiger partial charge in [0.1, 0.15) is 6.29 Å². The van der Waals surface area contributed by atoms with Crippen molar-refractivity contribution < 1.29 is 4.79 Å². The number of aromatic nitrogens is 2. The second-order valence-corrected chi connectivity index (χ2v) is 3.38. The minimum absolute atomic E-state index is 0.586. The van der Waals surface area contributed by atoms with Gasteiger partial charge in [0, 0.05) is 18.3 Å². The molecular weight excluding hydrogens is 164 g/mol. The maximum Gasteiger partial charge on any atom is 0.142 e. The average Bonchev–Trinajstić information content (AvgIpc) is 2.48. The van der Waals surface area contributed by atoms with Crippen LogP contribution in [0, 0.1) is 5.92 Å². The van der Waals surface area contributed by atoms with Crippen LogP contribution in [0.15, 0.2) is 18.5 Å². The molecule has 0 radical (unpaired) electrons. The van der Waals surface area contributed by atoms with Gasteiger partial charge in [-0.2, -0.15) is 5.10 Å². The van der Waals surface area contributed by atoms with Crippen molar-refractivity contribution in [2.24, 2.45) is 5.92 Å². The fourth-order valence-electron chi connectivity index (χ4n) is 1.09. The van der Waals surface area contributed by atoms with Crippen molar-refractivity contribution in [3.63, 3.8) is 0 Å². The van der Waals surface area contributed by atoms with E-state index in [1.807, 2.05) is 10.9 Å². The summed E-state index contributed by atoms with van der Waals surface area (Å²) in [6.45, 7) is 5.19. The second kappa shape index (κ2) is 4.60. The lowest BCUT2D eigenvalue weighted by molar-refractivity contribution is -0.104. The molecule has 1 rings (SSSR count). The SMILES string of the molecule is CC(C)Cn1cc(/C=C/C=O)cn1. The van der Waals surface area contributed by atoms with Crippen LogP contribution in [0.1, 0.15) is 19.4 Å². The molecule has 1 aromatic rings. The van der Waals surface area contributed by atoms with Gasteiger partial charge < -0.3 is 0 Å². The van der Waals surface area contributed by atoms with Gasteiger partial charge in [-0.15, -0.1) is 0 Å². The minimum atomic E-state index is 0.586. The zero-order chi connectivity index (χ0) is 9.68. The van der Waals surface area contributed by atoms with E-state index < -0.39 is 0 Å². The predicted molar refractivity (Wildman–Crippen MR) is 52.2 cm³/mol. The fourth-order valence-corrected chi connectivity index (χ4v) is 1.09. The lowest BCUT2D eigenvalue weighted by Crippen LogP contribution is -2.03. The van der Waals surface area contributed by atoms with Crippen LogP contribution in [0.3, 0.4) is 0 Å². The van der Waals surface area contributed by atoms with Crippen molar-refractivity contribution in [3.05, 3.63) is 24.0 Å². The first-order chi connectivity index (χ1) is 6.22. The highest BCUT2D eigenvalue weighted by Gasteiger charge is 1.97. The highest BCUT2D eigenvalue weighted by atomic mass is 16.1. The molecule has 0 bridgehead atoms. The Hall–Kier alpha value is -1.38. The zero-order valence-electron chi connectivity index (χ0n) is 7.97. The quantitative estimate of drug-likeness (QED) is 0.520. The predicted octanol–water partition coefficient (Wildman–Crippen LogP) is 1.75. The van der Waals surface area contributed by atoms with E-state index in [0.717, 1.165) is 18.4 Å². The third-order valence-electron chi connectivity index (χ3n) is 1.57. The molecule has 0 amide bonds. The van der Waals surface area contributed by atoms with Crippen LogP contribution in [0.2, 0.25) is 0 Å². The number of carbonyl (C=O) groups excluding carboxylic acids is 1. The Labute approximate surface area is 78.1 Å². The van der Waals surface area contributed by atoms with E-state index in [-0.39, 0.29) is 0 Å². The van der Waals surface area contributed by atoms with Crippen LogP contribution >= 0.6 is 0 Å². The summed E-state index contributed by atoms with van der Waals surface area (Å²) in [5.41, 5.74) is 0.966. The summed E-state index contributed by atoms with van der Waals surface area (Å²) >= 11 is 0. The van der Waals surface area contributed by atoms with Crippen molar-refractivity contribution in [1.29, 1.82) is 0 Å². The van der Waals surface area contributed by atoms with Crippen molar-refractivity contribution in [1.82, 2.24) is 9.78 Å². The number of rotatable bonds is 4. The van der Waals surface area contributed by atoms with Crippen LogP contribution in [0.4, 0.5) is 0 Å². The van der Waals surface area contributed by atoms with Crippen LogP contribution in [0.25, 0.3) is 6.08 Å². The second-order valence-electron chi connectivity index (χ2n) is 3.38. The Kier molecular flexibility index (Phi) is 3.43. The Morgan fingerprint density at radius 1 is 1.62 bits per heavy atom. The summed E-state index contributed by atoms with van der Waals surface area (Å²) in [7, 11) is 0. The van der Waals surface area contributed by atoms with Gasteiger partial charge in [0.05, 0.1) is 6.20 Å². The van der Waals surface area contributed by atoms with E-state index in [1.54, 1.807) is 12.3 Å². The van der Waals surface area contributed by atoms with Crippen molar-refractivity contribution in [3.8, 4) is 0 Å². The lowest BCUT2D eigenvalue weighted by Gasteiger charge is -2.02. The average molecular weight is 178 g/mol. The molecule has 3 heteroatoms. The first-order valence-corrected chi connectivity index (χ1v) is 4.36. The maximum absolute atomic E-state index is 10.0. The van der Waals surface area contributed by atoms with Crippen molar-refractivity contribution in [2.75, 3.05) is 0 Å². The Morgan fingerprint density at radius 3 is 3.00 bits per heavy atom. The summed E-state index contributed by atoms with van der Waals surface area (Å²) in [5, 5.41) is 4.16. The molecule has 3 nitrogen and oxygen atoms in total.